The summed E-state index contributed by atoms with van der Waals surface area (Å²) >= 11 is 0. The van der Waals surface area contributed by atoms with Crippen LogP contribution in [-0.2, 0) is 6.42 Å². The van der Waals surface area contributed by atoms with Gasteiger partial charge in [-0.25, -0.2) is 0 Å². The van der Waals surface area contributed by atoms with E-state index in [4.69, 9.17) is 5.73 Å². The third-order valence-corrected chi connectivity index (χ3v) is 5.74. The molecule has 0 aliphatic heterocycles. The molecule has 0 atom stereocenters. The van der Waals surface area contributed by atoms with E-state index >= 15 is 0 Å². The summed E-state index contributed by atoms with van der Waals surface area (Å²) in [4.78, 5) is 6.31. The van der Waals surface area contributed by atoms with E-state index in [1.807, 2.05) is 0 Å². The SMILES string of the molecule is NCCc1cc(O)c(O)c(-c2c(O)c(O)cc3[nH]c(-c4cc5cc(O)c(O)cc5[nH]4)cc23)c1. The van der Waals surface area contributed by atoms with Gasteiger partial charge in [0.2, 0.25) is 0 Å². The van der Waals surface area contributed by atoms with Gasteiger partial charge >= 0.3 is 0 Å². The highest BCUT2D eigenvalue weighted by molar-refractivity contribution is 6.04. The van der Waals surface area contributed by atoms with Crippen LogP contribution in [0.15, 0.2) is 42.5 Å². The number of H-pyrrole nitrogens is 2. The topological polar surface area (TPSA) is 179 Å². The van der Waals surface area contributed by atoms with Crippen molar-refractivity contribution in [3.05, 3.63) is 48.0 Å². The van der Waals surface area contributed by atoms with E-state index in [1.165, 1.54) is 24.3 Å². The molecule has 3 aromatic carbocycles. The Morgan fingerprint density at radius 1 is 0.636 bits per heavy atom. The first-order chi connectivity index (χ1) is 15.8. The van der Waals surface area contributed by atoms with Crippen LogP contribution >= 0.6 is 0 Å². The number of phenolic OH excluding ortho intramolecular Hbond substituents is 6. The summed E-state index contributed by atoms with van der Waals surface area (Å²) in [5, 5.41) is 62.5. The number of nitrogens with one attached hydrogen (secondary N) is 2. The van der Waals surface area contributed by atoms with Crippen LogP contribution in [0.5, 0.6) is 34.5 Å². The Morgan fingerprint density at radius 2 is 1.27 bits per heavy atom. The molecule has 0 bridgehead atoms. The minimum absolute atomic E-state index is 0.144. The van der Waals surface area contributed by atoms with Crippen molar-refractivity contribution in [2.24, 2.45) is 5.73 Å². The lowest BCUT2D eigenvalue weighted by molar-refractivity contribution is 0.400. The molecule has 9 nitrogen and oxygen atoms in total. The number of benzene rings is 3. The van der Waals surface area contributed by atoms with Crippen molar-refractivity contribution in [2.75, 3.05) is 6.54 Å². The van der Waals surface area contributed by atoms with Crippen molar-refractivity contribution in [1.82, 2.24) is 9.97 Å². The summed E-state index contributed by atoms with van der Waals surface area (Å²) in [6.45, 7) is 0.324. The molecule has 0 fully saturated rings. The highest BCUT2D eigenvalue weighted by Gasteiger charge is 2.22. The largest absolute Gasteiger partial charge is 0.504 e. The van der Waals surface area contributed by atoms with Gasteiger partial charge in [0, 0.05) is 39.5 Å². The first-order valence-electron chi connectivity index (χ1n) is 10.1. The molecule has 10 N–H and O–H groups in total. The molecule has 5 aromatic rings. The number of hydrogen-bond acceptors (Lipinski definition) is 7. The lowest BCUT2D eigenvalue weighted by Crippen LogP contribution is -2.02. The summed E-state index contributed by atoms with van der Waals surface area (Å²) in [5.41, 5.74) is 8.87. The molecule has 0 spiro atoms. The van der Waals surface area contributed by atoms with Gasteiger partial charge in [-0.3, -0.25) is 0 Å². The van der Waals surface area contributed by atoms with E-state index in [0.717, 1.165) is 0 Å². The normalized spacial score (nSPS) is 11.5. The fourth-order valence-electron chi connectivity index (χ4n) is 4.15. The first-order valence-corrected chi connectivity index (χ1v) is 10.1. The molecule has 0 radical (unpaired) electrons. The molecule has 9 heteroatoms. The van der Waals surface area contributed by atoms with E-state index in [0.29, 0.717) is 51.7 Å². The van der Waals surface area contributed by atoms with Gasteiger partial charge in [-0.1, -0.05) is 0 Å². The molecule has 168 valence electrons. The van der Waals surface area contributed by atoms with Crippen LogP contribution in [0.1, 0.15) is 5.56 Å². The fraction of sp³-hybridized carbons (Fsp3) is 0.0833. The van der Waals surface area contributed by atoms with Crippen molar-refractivity contribution in [1.29, 1.82) is 0 Å². The Kier molecular flexibility index (Phi) is 4.50. The number of hydrogen-bond donors (Lipinski definition) is 9. The number of fused-ring (bicyclic) bond motifs is 2. The van der Waals surface area contributed by atoms with Crippen LogP contribution in [-0.4, -0.2) is 47.2 Å². The van der Waals surface area contributed by atoms with E-state index in [9.17, 15) is 30.6 Å². The molecule has 33 heavy (non-hydrogen) atoms. The number of aromatic hydroxyl groups is 6. The fourth-order valence-corrected chi connectivity index (χ4v) is 4.15. The van der Waals surface area contributed by atoms with Crippen molar-refractivity contribution >= 4 is 21.8 Å². The molecule has 0 unspecified atom stereocenters. The quantitative estimate of drug-likeness (QED) is 0.188. The average molecular weight is 447 g/mol. The summed E-state index contributed by atoms with van der Waals surface area (Å²) in [6.07, 6.45) is 0.441. The van der Waals surface area contributed by atoms with Crippen LogP contribution in [0.25, 0.3) is 44.3 Å². The Labute approximate surface area is 186 Å². The third-order valence-electron chi connectivity index (χ3n) is 5.74. The predicted molar refractivity (Wildman–Crippen MR) is 124 cm³/mol. The molecule has 0 aliphatic carbocycles. The van der Waals surface area contributed by atoms with Gasteiger partial charge in [-0.05, 0) is 48.9 Å². The number of rotatable bonds is 4. The van der Waals surface area contributed by atoms with Crippen molar-refractivity contribution in [3.8, 4) is 57.0 Å². The van der Waals surface area contributed by atoms with Gasteiger partial charge in [-0.15, -0.1) is 0 Å². The second-order valence-electron chi connectivity index (χ2n) is 7.92. The Balaban J connectivity index is 1.75. The number of phenols is 6. The maximum atomic E-state index is 10.7. The van der Waals surface area contributed by atoms with E-state index in [1.54, 1.807) is 18.2 Å². The van der Waals surface area contributed by atoms with Gasteiger partial charge in [0.15, 0.2) is 34.5 Å². The van der Waals surface area contributed by atoms with E-state index in [-0.39, 0.29) is 28.4 Å². The smallest absolute Gasteiger partial charge is 0.166 e. The van der Waals surface area contributed by atoms with Crippen LogP contribution in [0.3, 0.4) is 0 Å². The van der Waals surface area contributed by atoms with Crippen molar-refractivity contribution in [2.45, 2.75) is 6.42 Å². The van der Waals surface area contributed by atoms with Crippen LogP contribution in [0.2, 0.25) is 0 Å². The van der Waals surface area contributed by atoms with Gasteiger partial charge in [0.05, 0.1) is 16.9 Å². The minimum atomic E-state index is -0.445. The van der Waals surface area contributed by atoms with E-state index in [2.05, 4.69) is 9.97 Å². The van der Waals surface area contributed by atoms with Gasteiger partial charge < -0.3 is 46.3 Å². The van der Waals surface area contributed by atoms with Crippen molar-refractivity contribution < 1.29 is 30.6 Å². The highest BCUT2D eigenvalue weighted by atomic mass is 16.3. The lowest BCUT2D eigenvalue weighted by Gasteiger charge is -2.13. The van der Waals surface area contributed by atoms with Gasteiger partial charge in [0.1, 0.15) is 0 Å². The summed E-state index contributed by atoms with van der Waals surface area (Å²) in [5.74, 6) is -2.14. The number of nitrogens with two attached hydrogens (primary N) is 1. The van der Waals surface area contributed by atoms with Crippen molar-refractivity contribution in [3.63, 3.8) is 0 Å². The maximum absolute atomic E-state index is 10.7. The van der Waals surface area contributed by atoms with Gasteiger partial charge in [0.25, 0.3) is 0 Å². The number of aromatic amines is 2. The zero-order chi connectivity index (χ0) is 23.4. The lowest BCUT2D eigenvalue weighted by atomic mass is 9.95. The maximum Gasteiger partial charge on any atom is 0.166 e. The highest BCUT2D eigenvalue weighted by Crippen LogP contribution is 2.49. The molecule has 2 heterocycles. The van der Waals surface area contributed by atoms with E-state index < -0.39 is 17.2 Å². The molecule has 0 saturated heterocycles. The zero-order valence-corrected chi connectivity index (χ0v) is 17.2. The molecule has 0 saturated carbocycles. The molecular formula is C24H21N3O6. The molecule has 0 aliphatic rings. The van der Waals surface area contributed by atoms with Crippen LogP contribution in [0, 0.1) is 0 Å². The summed E-state index contributed by atoms with van der Waals surface area (Å²) in [6, 6.07) is 10.7. The molecule has 2 aromatic heterocycles. The number of aromatic nitrogens is 2. The Morgan fingerprint density at radius 3 is 2.03 bits per heavy atom. The third kappa shape index (κ3) is 3.22. The van der Waals surface area contributed by atoms with Crippen LogP contribution in [0.4, 0.5) is 0 Å². The van der Waals surface area contributed by atoms with Crippen LogP contribution < -0.4 is 5.73 Å². The Hall–Kier alpha value is -4.50. The molecule has 5 rings (SSSR count). The summed E-state index contributed by atoms with van der Waals surface area (Å²) in [7, 11) is 0. The Bertz CT molecular complexity index is 1510. The average Bonchev–Trinajstić information content (AvgIpc) is 3.36. The monoisotopic (exact) mass is 447 g/mol. The minimum Gasteiger partial charge on any atom is -0.504 e. The first kappa shape index (κ1) is 20.4. The molecular weight excluding hydrogens is 426 g/mol. The summed E-state index contributed by atoms with van der Waals surface area (Å²) < 4.78 is 0. The standard InChI is InChI=1S/C24H21N3O6/c25-2-1-10-3-13(23(32)20(30)4-10)22-12-7-17(27-15(12)9-21(31)24(22)33)16-5-11-6-18(28)19(29)8-14(11)26-16/h3-9,26-33H,1-2,25H2. The predicted octanol–water partition coefficient (Wildman–Crippen LogP) is 3.72. The molecule has 0 amide bonds. The van der Waals surface area contributed by atoms with Gasteiger partial charge in [-0.2, -0.15) is 0 Å². The second kappa shape index (κ2) is 7.28. The zero-order valence-electron chi connectivity index (χ0n) is 17.2. The second-order valence-corrected chi connectivity index (χ2v) is 7.92.